The predicted octanol–water partition coefficient (Wildman–Crippen LogP) is 3.86. The van der Waals surface area contributed by atoms with Gasteiger partial charge in [0.15, 0.2) is 16.5 Å². The molecular formula is C21H15ClF3N5O4S. The average Bonchev–Trinajstić information content (AvgIpc) is 3.27. The lowest BCUT2D eigenvalue weighted by Gasteiger charge is -2.14. The molecule has 3 N–H and O–H groups in total. The highest BCUT2D eigenvalue weighted by Gasteiger charge is 2.27. The number of carbonyl (C=O) groups is 1. The highest BCUT2D eigenvalue weighted by Crippen LogP contribution is 2.36. The number of carbonyl (C=O) groups excluding carboxylic acids is 1. The second-order valence-corrected chi connectivity index (χ2v) is 9.14. The summed E-state index contributed by atoms with van der Waals surface area (Å²) >= 11 is 5.83. The summed E-state index contributed by atoms with van der Waals surface area (Å²) in [6.45, 7) is 0. The molecule has 0 fully saturated rings. The highest BCUT2D eigenvalue weighted by atomic mass is 35.5. The maximum absolute atomic E-state index is 15.4. The second-order valence-electron chi connectivity index (χ2n) is 7.05. The molecule has 0 radical (unpaired) electrons. The lowest BCUT2D eigenvalue weighted by atomic mass is 10.0. The third kappa shape index (κ3) is 4.23. The van der Waals surface area contributed by atoms with E-state index in [-0.39, 0.29) is 27.5 Å². The molecule has 2 heterocycles. The summed E-state index contributed by atoms with van der Waals surface area (Å²) < 4.78 is 78.0. The van der Waals surface area contributed by atoms with E-state index < -0.39 is 55.1 Å². The van der Waals surface area contributed by atoms with Crippen molar-refractivity contribution in [1.29, 1.82) is 0 Å². The Morgan fingerprint density at radius 1 is 1.14 bits per heavy atom. The Morgan fingerprint density at radius 2 is 1.89 bits per heavy atom. The molecule has 0 aliphatic carbocycles. The van der Waals surface area contributed by atoms with Gasteiger partial charge in [0.1, 0.15) is 17.0 Å². The quantitative estimate of drug-likeness (QED) is 0.351. The van der Waals surface area contributed by atoms with Gasteiger partial charge in [-0.1, -0.05) is 17.7 Å². The molecule has 0 spiro atoms. The van der Waals surface area contributed by atoms with Crippen molar-refractivity contribution in [2.24, 2.45) is 0 Å². The van der Waals surface area contributed by atoms with E-state index in [1.54, 1.807) is 0 Å². The Morgan fingerprint density at radius 3 is 2.57 bits per heavy atom. The molecular weight excluding hydrogens is 511 g/mol. The number of hydrogen-bond acceptors (Lipinski definition) is 6. The van der Waals surface area contributed by atoms with Gasteiger partial charge in [-0.05, 0) is 24.3 Å². The van der Waals surface area contributed by atoms with Crippen LogP contribution in [-0.4, -0.2) is 43.7 Å². The molecule has 0 aliphatic rings. The van der Waals surface area contributed by atoms with Crippen LogP contribution in [-0.2, 0) is 10.0 Å². The number of fused-ring (bicyclic) bond motifs is 1. The van der Waals surface area contributed by atoms with Crippen molar-refractivity contribution in [1.82, 2.24) is 20.5 Å². The Kier molecular flexibility index (Phi) is 6.30. The van der Waals surface area contributed by atoms with E-state index in [2.05, 4.69) is 20.5 Å². The number of rotatable bonds is 6. The fraction of sp³-hybridized carbons (Fsp3) is 0.0952. The first-order valence-electron chi connectivity index (χ1n) is 9.68. The number of methoxy groups -OCH3 is 1. The minimum Gasteiger partial charge on any atom is -0.480 e. The van der Waals surface area contributed by atoms with Crippen molar-refractivity contribution >= 4 is 44.1 Å². The topological polar surface area (TPSA) is 126 Å². The fourth-order valence-corrected chi connectivity index (χ4v) is 4.80. The van der Waals surface area contributed by atoms with Gasteiger partial charge in [0.05, 0.1) is 23.4 Å². The van der Waals surface area contributed by atoms with Gasteiger partial charge in [0, 0.05) is 24.2 Å². The first kappa shape index (κ1) is 24.3. The molecule has 4 rings (SSSR count). The third-order valence-electron chi connectivity index (χ3n) is 4.99. The molecule has 14 heteroatoms. The fourth-order valence-electron chi connectivity index (χ4n) is 3.37. The van der Waals surface area contributed by atoms with Gasteiger partial charge in [-0.25, -0.2) is 26.6 Å². The first-order valence-corrected chi connectivity index (χ1v) is 11.5. The van der Waals surface area contributed by atoms with Crippen molar-refractivity contribution < 1.29 is 31.1 Å². The van der Waals surface area contributed by atoms with E-state index in [1.165, 1.54) is 20.2 Å². The molecule has 0 aliphatic heterocycles. The van der Waals surface area contributed by atoms with Crippen LogP contribution in [0.5, 0.6) is 5.88 Å². The minimum absolute atomic E-state index is 0.0306. The zero-order valence-electron chi connectivity index (χ0n) is 17.9. The molecule has 9 nitrogen and oxygen atoms in total. The highest BCUT2D eigenvalue weighted by molar-refractivity contribution is 7.92. The summed E-state index contributed by atoms with van der Waals surface area (Å²) in [7, 11) is -1.96. The number of benzene rings is 2. The maximum Gasteiger partial charge on any atom is 0.269 e. The molecule has 0 saturated carbocycles. The van der Waals surface area contributed by atoms with Gasteiger partial charge in [0.25, 0.3) is 15.9 Å². The largest absolute Gasteiger partial charge is 0.480 e. The maximum atomic E-state index is 15.4. The lowest BCUT2D eigenvalue weighted by molar-refractivity contribution is 0.0959. The predicted molar refractivity (Wildman–Crippen MR) is 121 cm³/mol. The molecule has 35 heavy (non-hydrogen) atoms. The van der Waals surface area contributed by atoms with Crippen molar-refractivity contribution in [2.45, 2.75) is 4.90 Å². The van der Waals surface area contributed by atoms with Gasteiger partial charge in [0.2, 0.25) is 5.88 Å². The third-order valence-corrected chi connectivity index (χ3v) is 6.56. The molecule has 0 unspecified atom stereocenters. The molecule has 2 aromatic heterocycles. The van der Waals surface area contributed by atoms with Gasteiger partial charge in [-0.15, -0.1) is 0 Å². The molecule has 0 bridgehead atoms. The van der Waals surface area contributed by atoms with Crippen molar-refractivity contribution in [2.75, 3.05) is 18.9 Å². The van der Waals surface area contributed by atoms with Crippen LogP contribution in [0, 0.1) is 17.5 Å². The molecule has 0 saturated heterocycles. The van der Waals surface area contributed by atoms with Crippen LogP contribution in [0.15, 0.2) is 41.4 Å². The molecule has 1 amide bonds. The SMILES string of the molecule is CNC(=O)c1[nH]nc2c(F)c(-c3c(F)ccc(NS(=O)(=O)c4cc(Cl)cnc4OC)c3F)ccc12. The van der Waals surface area contributed by atoms with Gasteiger partial charge in [-0.3, -0.25) is 14.6 Å². The second kappa shape index (κ2) is 9.07. The van der Waals surface area contributed by atoms with Gasteiger partial charge < -0.3 is 10.1 Å². The molecule has 4 aromatic rings. The Hall–Kier alpha value is -3.84. The number of nitrogens with zero attached hydrogens (tertiary/aromatic N) is 2. The zero-order valence-corrected chi connectivity index (χ0v) is 19.5. The number of aromatic nitrogens is 3. The van der Waals surface area contributed by atoms with E-state index >= 15 is 8.78 Å². The summed E-state index contributed by atoms with van der Waals surface area (Å²) in [6.07, 6.45) is 1.15. The monoisotopic (exact) mass is 525 g/mol. The van der Waals surface area contributed by atoms with E-state index in [1.807, 2.05) is 4.72 Å². The summed E-state index contributed by atoms with van der Waals surface area (Å²) in [5, 5.41) is 8.52. The standard InChI is InChI=1S/C21H15ClF3N5O4S/c1-26-20(31)19-11-4-3-10(16(24)18(11)28-29-19)15-12(23)5-6-13(17(15)25)30-35(32,33)14-7-9(22)8-27-21(14)34-2/h3-8,30H,1-2H3,(H,26,31)(H,28,29). The van der Waals surface area contributed by atoms with Crippen molar-refractivity contribution in [3.05, 3.63) is 64.7 Å². The summed E-state index contributed by atoms with van der Waals surface area (Å²) in [6, 6.07) is 4.97. The number of hydrogen-bond donors (Lipinski definition) is 3. The number of halogens is 4. The van der Waals surface area contributed by atoms with Crippen LogP contribution in [0.4, 0.5) is 18.9 Å². The van der Waals surface area contributed by atoms with E-state index in [0.29, 0.717) is 0 Å². The van der Waals surface area contributed by atoms with Crippen LogP contribution in [0.25, 0.3) is 22.0 Å². The zero-order chi connectivity index (χ0) is 25.5. The average molecular weight is 526 g/mol. The summed E-state index contributed by atoms with van der Waals surface area (Å²) in [5.74, 6) is -4.55. The molecule has 182 valence electrons. The van der Waals surface area contributed by atoms with Crippen molar-refractivity contribution in [3.63, 3.8) is 0 Å². The summed E-state index contributed by atoms with van der Waals surface area (Å²) in [5.41, 5.74) is -2.42. The van der Waals surface area contributed by atoms with E-state index in [9.17, 15) is 17.6 Å². The number of anilines is 1. The molecule has 2 aromatic carbocycles. The normalized spacial score (nSPS) is 11.5. The number of amides is 1. The van der Waals surface area contributed by atoms with Crippen LogP contribution >= 0.6 is 11.6 Å². The van der Waals surface area contributed by atoms with E-state index in [4.69, 9.17) is 16.3 Å². The van der Waals surface area contributed by atoms with Crippen LogP contribution in [0.2, 0.25) is 5.02 Å². The van der Waals surface area contributed by atoms with Crippen molar-refractivity contribution in [3.8, 4) is 17.0 Å². The number of H-pyrrole nitrogens is 1. The Labute approximate surface area is 201 Å². The number of aromatic amines is 1. The van der Waals surface area contributed by atoms with Gasteiger partial charge >= 0.3 is 0 Å². The van der Waals surface area contributed by atoms with Crippen LogP contribution < -0.4 is 14.8 Å². The molecule has 0 atom stereocenters. The number of ether oxygens (including phenoxy) is 1. The lowest BCUT2D eigenvalue weighted by Crippen LogP contribution is -2.18. The van der Waals surface area contributed by atoms with Crippen LogP contribution in [0.1, 0.15) is 10.5 Å². The Balaban J connectivity index is 1.82. The minimum atomic E-state index is -4.51. The van der Waals surface area contributed by atoms with E-state index in [0.717, 1.165) is 30.5 Å². The van der Waals surface area contributed by atoms with Gasteiger partial charge in [-0.2, -0.15) is 5.10 Å². The Bertz CT molecular complexity index is 1590. The number of sulfonamides is 1. The number of pyridine rings is 1. The van der Waals surface area contributed by atoms with Crippen LogP contribution in [0.3, 0.4) is 0 Å². The smallest absolute Gasteiger partial charge is 0.269 e. The number of nitrogens with one attached hydrogen (secondary N) is 3. The summed E-state index contributed by atoms with van der Waals surface area (Å²) in [4.78, 5) is 15.2. The first-order chi connectivity index (χ1) is 16.6.